The molecule has 0 saturated carbocycles. The van der Waals surface area contributed by atoms with Gasteiger partial charge < -0.3 is 20.4 Å². The molecule has 1 aromatic rings. The van der Waals surface area contributed by atoms with Crippen LogP contribution in [0.15, 0.2) is 18.2 Å². The van der Waals surface area contributed by atoms with Gasteiger partial charge in [0.2, 0.25) is 17.7 Å². The lowest BCUT2D eigenvalue weighted by Crippen LogP contribution is -2.41. The molecule has 1 aromatic carbocycles. The fourth-order valence-corrected chi connectivity index (χ4v) is 4.93. The Morgan fingerprint density at radius 3 is 2.41 bits per heavy atom. The van der Waals surface area contributed by atoms with Gasteiger partial charge in [0.15, 0.2) is 0 Å². The van der Waals surface area contributed by atoms with Gasteiger partial charge in [0.25, 0.3) is 0 Å². The van der Waals surface area contributed by atoms with Crippen LogP contribution < -0.4 is 15.5 Å². The molecule has 0 aliphatic carbocycles. The third-order valence-corrected chi connectivity index (χ3v) is 6.73. The zero-order valence-corrected chi connectivity index (χ0v) is 19.1. The summed E-state index contributed by atoms with van der Waals surface area (Å²) in [5.41, 5.74) is -0.945. The summed E-state index contributed by atoms with van der Waals surface area (Å²) < 4.78 is 40.0. The molecular formula is C23H28F3N5O3. The van der Waals surface area contributed by atoms with Crippen LogP contribution in [-0.4, -0.2) is 62.4 Å². The number of nitrogens with zero attached hydrogens (tertiary/aromatic N) is 3. The average Bonchev–Trinajstić information content (AvgIpc) is 3.26. The number of hydrogen-bond acceptors (Lipinski definition) is 5. The lowest BCUT2D eigenvalue weighted by Gasteiger charge is -2.37. The van der Waals surface area contributed by atoms with E-state index >= 15 is 0 Å². The second-order valence-electron chi connectivity index (χ2n) is 8.76. The predicted molar refractivity (Wildman–Crippen MR) is 117 cm³/mol. The molecule has 2 atom stereocenters. The Morgan fingerprint density at radius 2 is 1.85 bits per heavy atom. The molecule has 2 saturated heterocycles. The number of carbonyl (C=O) groups is 3. The fraction of sp³-hybridized carbons (Fsp3) is 0.565. The molecule has 0 aromatic heterocycles. The molecule has 184 valence electrons. The maximum absolute atomic E-state index is 13.3. The molecule has 2 fully saturated rings. The Balaban J connectivity index is 1.69. The monoisotopic (exact) mass is 479 g/mol. The zero-order chi connectivity index (χ0) is 25.0. The molecule has 3 amide bonds. The summed E-state index contributed by atoms with van der Waals surface area (Å²) in [6.07, 6.45) is -3.29. The minimum Gasteiger partial charge on any atom is -0.372 e. The number of likely N-dealkylation sites (tertiary alicyclic amines) is 1. The van der Waals surface area contributed by atoms with Crippen LogP contribution in [0.4, 0.5) is 18.9 Å². The summed E-state index contributed by atoms with van der Waals surface area (Å²) in [6.45, 7) is 2.88. The van der Waals surface area contributed by atoms with Crippen molar-refractivity contribution in [2.45, 2.75) is 25.9 Å². The molecule has 11 heteroatoms. The highest BCUT2D eigenvalue weighted by Crippen LogP contribution is 2.39. The topological polar surface area (TPSA) is 106 Å². The van der Waals surface area contributed by atoms with Gasteiger partial charge in [-0.05, 0) is 42.9 Å². The van der Waals surface area contributed by atoms with Crippen LogP contribution in [0.1, 0.15) is 30.9 Å². The number of hydrogen-bond donors (Lipinski definition) is 2. The van der Waals surface area contributed by atoms with Crippen molar-refractivity contribution in [3.63, 3.8) is 0 Å². The smallest absolute Gasteiger partial charge is 0.372 e. The van der Waals surface area contributed by atoms with E-state index in [-0.39, 0.29) is 48.6 Å². The highest BCUT2D eigenvalue weighted by atomic mass is 19.4. The molecule has 3 rings (SSSR count). The Bertz CT molecular complexity index is 983. The van der Waals surface area contributed by atoms with E-state index in [1.165, 1.54) is 19.1 Å². The maximum atomic E-state index is 13.3. The van der Waals surface area contributed by atoms with E-state index in [9.17, 15) is 27.6 Å². The molecule has 0 radical (unpaired) electrons. The summed E-state index contributed by atoms with van der Waals surface area (Å²) in [5.74, 6) is -1.04. The summed E-state index contributed by atoms with van der Waals surface area (Å²) >= 11 is 0. The molecule has 34 heavy (non-hydrogen) atoms. The summed E-state index contributed by atoms with van der Waals surface area (Å²) in [4.78, 5) is 39.6. The van der Waals surface area contributed by atoms with E-state index < -0.39 is 17.3 Å². The lowest BCUT2D eigenvalue weighted by molar-refractivity contribution is -0.137. The lowest BCUT2D eigenvalue weighted by atomic mass is 9.78. The van der Waals surface area contributed by atoms with Gasteiger partial charge in [0, 0.05) is 45.8 Å². The molecule has 2 aliphatic heterocycles. The van der Waals surface area contributed by atoms with E-state index in [0.29, 0.717) is 38.2 Å². The van der Waals surface area contributed by atoms with Crippen molar-refractivity contribution in [3.05, 3.63) is 29.3 Å². The van der Waals surface area contributed by atoms with E-state index in [1.54, 1.807) is 18.0 Å². The Kier molecular flexibility index (Phi) is 7.69. The van der Waals surface area contributed by atoms with Gasteiger partial charge >= 0.3 is 6.18 Å². The van der Waals surface area contributed by atoms with Gasteiger partial charge in [-0.15, -0.1) is 0 Å². The third-order valence-electron chi connectivity index (χ3n) is 6.73. The summed E-state index contributed by atoms with van der Waals surface area (Å²) in [7, 11) is 1.55. The molecule has 0 unspecified atom stereocenters. The number of rotatable bonds is 5. The molecule has 0 bridgehead atoms. The Hall–Kier alpha value is -3.29. The first kappa shape index (κ1) is 25.3. The summed E-state index contributed by atoms with van der Waals surface area (Å²) in [5, 5.41) is 14.2. The number of anilines is 1. The van der Waals surface area contributed by atoms with Gasteiger partial charge in [-0.2, -0.15) is 18.4 Å². The van der Waals surface area contributed by atoms with Crippen molar-refractivity contribution in [2.24, 2.45) is 17.8 Å². The van der Waals surface area contributed by atoms with Gasteiger partial charge in [-0.25, -0.2) is 0 Å². The van der Waals surface area contributed by atoms with Crippen molar-refractivity contribution < 1.29 is 27.6 Å². The molecule has 8 nitrogen and oxygen atoms in total. The average molecular weight is 480 g/mol. The second-order valence-corrected chi connectivity index (χ2v) is 8.76. The van der Waals surface area contributed by atoms with Crippen LogP contribution in [-0.2, 0) is 20.6 Å². The first-order valence-electron chi connectivity index (χ1n) is 11.1. The maximum Gasteiger partial charge on any atom is 0.417 e. The van der Waals surface area contributed by atoms with Gasteiger partial charge in [-0.3, -0.25) is 14.4 Å². The first-order chi connectivity index (χ1) is 16.0. The highest BCUT2D eigenvalue weighted by molar-refractivity contribution is 5.85. The van der Waals surface area contributed by atoms with Crippen molar-refractivity contribution in [1.29, 1.82) is 5.26 Å². The van der Waals surface area contributed by atoms with Crippen LogP contribution in [0.25, 0.3) is 0 Å². The van der Waals surface area contributed by atoms with Gasteiger partial charge in [-0.1, -0.05) is 0 Å². The largest absolute Gasteiger partial charge is 0.417 e. The summed E-state index contributed by atoms with van der Waals surface area (Å²) in [6, 6.07) is 5.34. The number of carbonyl (C=O) groups excluding carboxylic acids is 3. The SMILES string of the molecule is CNC(=O)[C@@H]1CN(C(=O)CNC(C)=O)C[C@H]1C1CCN(c2ccc(C#N)c(C(F)(F)F)c2)CC1. The number of nitriles is 1. The number of amides is 3. The number of piperidine rings is 1. The fourth-order valence-electron chi connectivity index (χ4n) is 4.93. The minimum atomic E-state index is -4.61. The van der Waals surface area contributed by atoms with E-state index in [1.807, 2.05) is 4.90 Å². The molecular weight excluding hydrogens is 451 g/mol. The van der Waals surface area contributed by atoms with E-state index in [4.69, 9.17) is 5.26 Å². The first-order valence-corrected chi connectivity index (χ1v) is 11.1. The Labute approximate surface area is 196 Å². The Morgan fingerprint density at radius 1 is 1.18 bits per heavy atom. The number of benzene rings is 1. The predicted octanol–water partition coefficient (Wildman–Crippen LogP) is 1.75. The van der Waals surface area contributed by atoms with Crippen LogP contribution in [0, 0.1) is 29.1 Å². The highest BCUT2D eigenvalue weighted by Gasteiger charge is 2.43. The zero-order valence-electron chi connectivity index (χ0n) is 19.1. The van der Waals surface area contributed by atoms with Gasteiger partial charge in [0.05, 0.1) is 29.7 Å². The van der Waals surface area contributed by atoms with E-state index in [0.717, 1.165) is 6.07 Å². The molecule has 2 heterocycles. The normalized spacial score (nSPS) is 21.2. The quantitative estimate of drug-likeness (QED) is 0.670. The minimum absolute atomic E-state index is 0.0740. The second kappa shape index (κ2) is 10.3. The van der Waals surface area contributed by atoms with Crippen LogP contribution in [0.3, 0.4) is 0 Å². The van der Waals surface area contributed by atoms with Crippen molar-refractivity contribution in [1.82, 2.24) is 15.5 Å². The van der Waals surface area contributed by atoms with Crippen molar-refractivity contribution in [2.75, 3.05) is 44.7 Å². The number of halogens is 3. The number of alkyl halides is 3. The number of nitrogens with one attached hydrogen (secondary N) is 2. The van der Waals surface area contributed by atoms with Crippen LogP contribution in [0.2, 0.25) is 0 Å². The van der Waals surface area contributed by atoms with Crippen LogP contribution in [0.5, 0.6) is 0 Å². The van der Waals surface area contributed by atoms with Gasteiger partial charge in [0.1, 0.15) is 0 Å². The standard InChI is InChI=1S/C23H28F3N5O3/c1-14(32)29-11-21(33)31-12-18(19(13-31)22(34)28-2)15-5-7-30(8-6-15)17-4-3-16(10-27)20(9-17)23(24,25)26/h3-4,9,15,18-19H,5-8,11-13H2,1-2H3,(H,28,34)(H,29,32)/t18-,19+/m0/s1. The van der Waals surface area contributed by atoms with Crippen molar-refractivity contribution in [3.8, 4) is 6.07 Å². The van der Waals surface area contributed by atoms with Crippen molar-refractivity contribution >= 4 is 23.4 Å². The third kappa shape index (κ3) is 5.61. The molecule has 2 aliphatic rings. The van der Waals surface area contributed by atoms with E-state index in [2.05, 4.69) is 10.6 Å². The molecule has 2 N–H and O–H groups in total. The van der Waals surface area contributed by atoms with Crippen LogP contribution >= 0.6 is 0 Å². The molecule has 0 spiro atoms.